The summed E-state index contributed by atoms with van der Waals surface area (Å²) < 4.78 is 5.32. The van der Waals surface area contributed by atoms with Gasteiger partial charge in [-0.05, 0) is 32.9 Å². The second kappa shape index (κ2) is 5.35. The molecular weight excluding hydrogens is 258 g/mol. The predicted molar refractivity (Wildman–Crippen MR) is 63.4 cm³/mol. The largest absolute Gasteiger partial charge is 0.456 e. The van der Waals surface area contributed by atoms with Crippen LogP contribution in [0.25, 0.3) is 0 Å². The van der Waals surface area contributed by atoms with Crippen molar-refractivity contribution >= 4 is 21.8 Å². The fraction of sp³-hybridized carbons (Fsp3) is 0.545. The quantitative estimate of drug-likeness (QED) is 0.791. The molecule has 0 aliphatic rings. The van der Waals surface area contributed by atoms with Crippen molar-refractivity contribution in [3.05, 3.63) is 23.7 Å². The van der Waals surface area contributed by atoms with Crippen molar-refractivity contribution in [2.24, 2.45) is 0 Å². The Morgan fingerprint density at radius 3 is 2.60 bits per heavy atom. The van der Waals surface area contributed by atoms with E-state index in [-0.39, 0.29) is 11.9 Å². The van der Waals surface area contributed by atoms with Gasteiger partial charge in [0.05, 0.1) is 0 Å². The molecule has 0 aromatic carbocycles. The number of carbonyl (C=O) groups excluding carboxylic acids is 1. The third kappa shape index (κ3) is 3.09. The van der Waals surface area contributed by atoms with Crippen LogP contribution in [0, 0.1) is 6.92 Å². The van der Waals surface area contributed by atoms with Crippen LogP contribution in [-0.4, -0.2) is 28.7 Å². The van der Waals surface area contributed by atoms with Crippen molar-refractivity contribution in [3.8, 4) is 0 Å². The highest BCUT2D eigenvalue weighted by molar-refractivity contribution is 9.09. The Bertz CT molecular complexity index is 333. The Morgan fingerprint density at radius 2 is 2.20 bits per heavy atom. The number of carbonyl (C=O) groups is 1. The zero-order chi connectivity index (χ0) is 11.4. The standard InChI is InChI=1S/C11H16BrNO2/c1-8(2)13(7-6-12)11(14)10-5-4-9(3)15-10/h4-5,8H,6-7H2,1-3H3. The molecule has 1 heterocycles. The minimum Gasteiger partial charge on any atom is -0.456 e. The number of halogens is 1. The third-order valence-corrected chi connectivity index (χ3v) is 2.52. The second-order valence-electron chi connectivity index (χ2n) is 3.69. The number of furan rings is 1. The van der Waals surface area contributed by atoms with Crippen molar-refractivity contribution in [1.29, 1.82) is 0 Å². The summed E-state index contributed by atoms with van der Waals surface area (Å²) >= 11 is 3.34. The molecular formula is C11H16BrNO2. The van der Waals surface area contributed by atoms with Gasteiger partial charge in [-0.1, -0.05) is 15.9 Å². The third-order valence-electron chi connectivity index (χ3n) is 2.16. The van der Waals surface area contributed by atoms with E-state index >= 15 is 0 Å². The van der Waals surface area contributed by atoms with Crippen molar-refractivity contribution in [2.45, 2.75) is 26.8 Å². The molecule has 0 bridgehead atoms. The molecule has 0 aliphatic heterocycles. The number of hydrogen-bond donors (Lipinski definition) is 0. The highest BCUT2D eigenvalue weighted by Gasteiger charge is 2.20. The van der Waals surface area contributed by atoms with E-state index in [1.54, 1.807) is 17.0 Å². The topological polar surface area (TPSA) is 33.5 Å². The van der Waals surface area contributed by atoms with E-state index in [4.69, 9.17) is 4.42 Å². The molecule has 84 valence electrons. The van der Waals surface area contributed by atoms with Gasteiger partial charge in [-0.3, -0.25) is 4.79 Å². The minimum atomic E-state index is -0.0439. The van der Waals surface area contributed by atoms with Crippen LogP contribution in [0.2, 0.25) is 0 Å². The predicted octanol–water partition coefficient (Wildman–Crippen LogP) is 2.83. The molecule has 0 saturated heterocycles. The minimum absolute atomic E-state index is 0.0439. The van der Waals surface area contributed by atoms with Gasteiger partial charge in [0.15, 0.2) is 5.76 Å². The van der Waals surface area contributed by atoms with Crippen LogP contribution >= 0.6 is 15.9 Å². The second-order valence-corrected chi connectivity index (χ2v) is 4.48. The van der Waals surface area contributed by atoms with Gasteiger partial charge in [-0.25, -0.2) is 0 Å². The first kappa shape index (κ1) is 12.3. The zero-order valence-electron chi connectivity index (χ0n) is 9.29. The number of hydrogen-bond acceptors (Lipinski definition) is 2. The van der Waals surface area contributed by atoms with Gasteiger partial charge >= 0.3 is 0 Å². The van der Waals surface area contributed by atoms with Gasteiger partial charge in [-0.2, -0.15) is 0 Å². The first-order valence-electron chi connectivity index (χ1n) is 4.99. The summed E-state index contributed by atoms with van der Waals surface area (Å²) in [7, 11) is 0. The molecule has 0 atom stereocenters. The van der Waals surface area contributed by atoms with Crippen LogP contribution in [0.4, 0.5) is 0 Å². The lowest BCUT2D eigenvalue weighted by Crippen LogP contribution is -2.38. The van der Waals surface area contributed by atoms with E-state index in [0.717, 1.165) is 11.1 Å². The number of alkyl halides is 1. The van der Waals surface area contributed by atoms with Crippen molar-refractivity contribution in [2.75, 3.05) is 11.9 Å². The molecule has 0 saturated carbocycles. The van der Waals surface area contributed by atoms with E-state index in [1.807, 2.05) is 20.8 Å². The van der Waals surface area contributed by atoms with Crippen LogP contribution in [-0.2, 0) is 0 Å². The molecule has 0 unspecified atom stereocenters. The molecule has 1 aromatic heterocycles. The Hall–Kier alpha value is -0.770. The summed E-state index contributed by atoms with van der Waals surface area (Å²) in [6.45, 7) is 6.52. The monoisotopic (exact) mass is 273 g/mol. The van der Waals surface area contributed by atoms with E-state index in [9.17, 15) is 4.79 Å². The van der Waals surface area contributed by atoms with Crippen LogP contribution in [0.5, 0.6) is 0 Å². The van der Waals surface area contributed by atoms with Crippen molar-refractivity contribution in [3.63, 3.8) is 0 Å². The van der Waals surface area contributed by atoms with Gasteiger partial charge in [0.1, 0.15) is 5.76 Å². The highest BCUT2D eigenvalue weighted by atomic mass is 79.9. The molecule has 0 aliphatic carbocycles. The van der Waals surface area contributed by atoms with Crippen molar-refractivity contribution in [1.82, 2.24) is 4.90 Å². The van der Waals surface area contributed by atoms with Crippen LogP contribution < -0.4 is 0 Å². The number of amides is 1. The first-order valence-corrected chi connectivity index (χ1v) is 6.11. The summed E-state index contributed by atoms with van der Waals surface area (Å²) in [6.07, 6.45) is 0. The Morgan fingerprint density at radius 1 is 1.53 bits per heavy atom. The van der Waals surface area contributed by atoms with Gasteiger partial charge in [-0.15, -0.1) is 0 Å². The molecule has 0 N–H and O–H groups in total. The summed E-state index contributed by atoms with van der Waals surface area (Å²) in [6, 6.07) is 3.71. The maximum Gasteiger partial charge on any atom is 0.289 e. The number of aryl methyl sites for hydroxylation is 1. The molecule has 0 fully saturated rings. The summed E-state index contributed by atoms with van der Waals surface area (Å²) in [5.74, 6) is 1.14. The molecule has 1 aromatic rings. The highest BCUT2D eigenvalue weighted by Crippen LogP contribution is 2.12. The lowest BCUT2D eigenvalue weighted by atomic mass is 10.3. The van der Waals surface area contributed by atoms with E-state index < -0.39 is 0 Å². The summed E-state index contributed by atoms with van der Waals surface area (Å²) in [5, 5.41) is 0.774. The Labute approximate surface area is 98.6 Å². The zero-order valence-corrected chi connectivity index (χ0v) is 10.9. The lowest BCUT2D eigenvalue weighted by Gasteiger charge is -2.24. The fourth-order valence-electron chi connectivity index (χ4n) is 1.38. The van der Waals surface area contributed by atoms with Gasteiger partial charge in [0.25, 0.3) is 5.91 Å². The molecule has 0 spiro atoms. The molecule has 1 amide bonds. The number of rotatable bonds is 4. The van der Waals surface area contributed by atoms with Crippen molar-refractivity contribution < 1.29 is 9.21 Å². The smallest absolute Gasteiger partial charge is 0.289 e. The molecule has 4 heteroatoms. The maximum absolute atomic E-state index is 12.0. The Kier molecular flexibility index (Phi) is 4.39. The van der Waals surface area contributed by atoms with E-state index in [0.29, 0.717) is 12.3 Å². The van der Waals surface area contributed by atoms with Gasteiger partial charge in [0, 0.05) is 17.9 Å². The van der Waals surface area contributed by atoms with Gasteiger partial charge < -0.3 is 9.32 Å². The maximum atomic E-state index is 12.0. The molecule has 0 radical (unpaired) electrons. The normalized spacial score (nSPS) is 10.7. The first-order chi connectivity index (χ1) is 7.06. The molecule has 3 nitrogen and oxygen atoms in total. The van der Waals surface area contributed by atoms with Crippen LogP contribution in [0.3, 0.4) is 0 Å². The number of nitrogens with zero attached hydrogens (tertiary/aromatic N) is 1. The summed E-state index contributed by atoms with van der Waals surface area (Å²) in [5.41, 5.74) is 0. The SMILES string of the molecule is Cc1ccc(C(=O)N(CCBr)C(C)C)o1. The Balaban J connectivity index is 2.80. The van der Waals surface area contributed by atoms with E-state index in [2.05, 4.69) is 15.9 Å². The lowest BCUT2D eigenvalue weighted by molar-refractivity contribution is 0.0685. The summed E-state index contributed by atoms with van der Waals surface area (Å²) in [4.78, 5) is 13.8. The van der Waals surface area contributed by atoms with Crippen LogP contribution in [0.1, 0.15) is 30.2 Å². The van der Waals surface area contributed by atoms with Crippen LogP contribution in [0.15, 0.2) is 16.5 Å². The molecule has 15 heavy (non-hydrogen) atoms. The van der Waals surface area contributed by atoms with E-state index in [1.165, 1.54) is 0 Å². The average Bonchev–Trinajstić information content (AvgIpc) is 2.59. The van der Waals surface area contributed by atoms with Gasteiger partial charge in [0.2, 0.25) is 0 Å². The fourth-order valence-corrected chi connectivity index (χ4v) is 1.76. The molecule has 1 rings (SSSR count). The average molecular weight is 274 g/mol.